The summed E-state index contributed by atoms with van der Waals surface area (Å²) < 4.78 is 25.6. The molecule has 0 fully saturated rings. The van der Waals surface area contributed by atoms with Crippen LogP contribution in [0.1, 0.15) is 26.3 Å². The summed E-state index contributed by atoms with van der Waals surface area (Å²) in [5.41, 5.74) is 17.7. The Labute approximate surface area is 772 Å². The summed E-state index contributed by atoms with van der Waals surface area (Å²) in [5.74, 6) is 2.18. The lowest BCUT2D eigenvalue weighted by molar-refractivity contribution is -0.129. The molecule has 0 N–H and O–H groups in total. The highest BCUT2D eigenvalue weighted by molar-refractivity contribution is 7.21. The fraction of sp³-hybridized carbons (Fsp3) is 0.0481. The third-order valence-corrected chi connectivity index (χ3v) is 21.1. The highest BCUT2D eigenvalue weighted by Gasteiger charge is 2.19. The van der Waals surface area contributed by atoms with Gasteiger partial charge in [0.05, 0.1) is 138 Å². The van der Waals surface area contributed by atoms with Crippen LogP contribution in [0.15, 0.2) is 395 Å². The summed E-state index contributed by atoms with van der Waals surface area (Å²) in [4.78, 5) is 114. The van der Waals surface area contributed by atoms with E-state index in [0.717, 1.165) is 124 Å². The number of carbonyl (C=O) groups is 3. The van der Waals surface area contributed by atoms with Crippen molar-refractivity contribution in [2.24, 2.45) is 14.1 Å². The lowest BCUT2D eigenvalue weighted by Gasteiger charge is -2.10. The molecule has 21 rings (SSSR count). The van der Waals surface area contributed by atoms with Crippen molar-refractivity contribution >= 4 is 62.3 Å². The van der Waals surface area contributed by atoms with Crippen LogP contribution in [0.5, 0.6) is 11.5 Å². The number of methoxy groups -OCH3 is 2. The van der Waals surface area contributed by atoms with Gasteiger partial charge in [0.25, 0.3) is 6.47 Å². The Morgan fingerprint density at radius 2 is 0.729 bits per heavy atom. The van der Waals surface area contributed by atoms with E-state index >= 15 is 0 Å². The molecule has 0 radical (unpaired) electrons. The predicted molar refractivity (Wildman–Crippen MR) is 514 cm³/mol. The lowest BCUT2D eigenvalue weighted by atomic mass is 10.1. The topological polar surface area (TPSA) is 330 Å². The Balaban J connectivity index is 0.000000121. The minimum Gasteiger partial charge on any atom is -0.465 e. The summed E-state index contributed by atoms with van der Waals surface area (Å²) in [5, 5.41) is 3.91. The van der Waals surface area contributed by atoms with Crippen molar-refractivity contribution in [2.75, 3.05) is 14.2 Å². The molecule has 0 unspecified atom stereocenters. The minimum absolute atomic E-state index is 0.0747. The molecule has 29 heteroatoms. The van der Waals surface area contributed by atoms with Crippen molar-refractivity contribution in [1.29, 1.82) is 0 Å². The van der Waals surface area contributed by atoms with E-state index in [-0.39, 0.29) is 12.2 Å². The third-order valence-electron chi connectivity index (χ3n) is 19.2. The first-order valence-corrected chi connectivity index (χ1v) is 43.0. The highest BCUT2D eigenvalue weighted by atomic mass is 32.1. The molecule has 0 aliphatic carbocycles. The van der Waals surface area contributed by atoms with Gasteiger partial charge in [-0.05, 0) is 200 Å². The van der Waals surface area contributed by atoms with Gasteiger partial charge in [0.15, 0.2) is 11.6 Å². The molecule has 0 saturated carbocycles. The first-order valence-electron chi connectivity index (χ1n) is 41.3. The number of pyridine rings is 14. The molecule has 18 aromatic heterocycles. The Hall–Kier alpha value is -17.8. The van der Waals surface area contributed by atoms with E-state index in [2.05, 4.69) is 91.5 Å². The number of fused-ring (bicyclic) bond motifs is 2. The quantitative estimate of drug-likeness (QED) is 0.0437. The van der Waals surface area contributed by atoms with Crippen LogP contribution in [-0.4, -0.2) is 131 Å². The van der Waals surface area contributed by atoms with Crippen LogP contribution in [0.4, 0.5) is 0 Å². The zero-order valence-electron chi connectivity index (χ0n) is 71.9. The Morgan fingerprint density at radius 1 is 0.316 bits per heavy atom. The van der Waals surface area contributed by atoms with E-state index in [0.29, 0.717) is 46.1 Å². The molecule has 0 spiro atoms. The van der Waals surface area contributed by atoms with Gasteiger partial charge >= 0.3 is 11.9 Å². The SMILES string of the molecule is COC(=O)c1ccnc(-c2cc(C(=O)OC)cc(-c3cc(COC=O)ccn3)n2)c1.Cn1c(-c2ccccn2)nc2ccccc21.Cn1ccnc1-c1ccccn1.c1ccc(-c2cccc(-c3cccc(-c4ccccn4)n3)n2)nc1.c1ccc(-c2nc3ccccc3s2)nc1.c1ccc(-c2nccs2)nc1.c1ccc(Oc2cc(-c3ccccn3)nc(-c3ccccn3)c2)cc1. The number of benzene rings is 3. The average Bonchev–Trinajstić information content (AvgIpc) is 1.71. The maximum Gasteiger partial charge on any atom is 0.338 e. The van der Waals surface area contributed by atoms with Crippen LogP contribution < -0.4 is 4.74 Å². The molecule has 0 saturated heterocycles. The van der Waals surface area contributed by atoms with Crippen LogP contribution in [-0.2, 0) is 39.7 Å². The standard InChI is InChI=1S/C21H17N3O6.C21H15N3O.C20H14N4.C13H11N3.C12H8N2S.C9H9N3.C8H6N2S/c1-28-20(26)14-4-6-23-17(8-14)19-10-15(21(27)29-2)9-18(24-19)16-7-13(3-5-22-16)11-30-12-25;1-2-8-16(9-3-1)25-17-14-20(18-10-4-6-12-22-18)24-21(15-17)19-11-5-7-13-23-19;1-3-13-21-15(7-1)17-9-5-11-19(23-17)20-12-6-10-18(24-20)16-8-2-4-14-22-16;1-16-12-8-3-2-6-10(12)15-13(16)11-7-4-5-9-14-11;1-2-7-11-9(5-1)14-12(15-11)10-6-3-4-8-13-10;1-12-7-6-11-9(12)8-4-2-3-5-10-8;1-2-4-9-7(3-1)8-10-5-6-11-8/h3-10,12H,11H2,1-2H3;1-15H;1-14H;2-9H,1H3;1-8H;2-7H,1H3;1-6H. The number of esters is 2. The first kappa shape index (κ1) is 90.0. The molecule has 133 heavy (non-hydrogen) atoms. The molecule has 0 aliphatic heterocycles. The second-order valence-electron chi connectivity index (χ2n) is 28.2. The van der Waals surface area contributed by atoms with Gasteiger partial charge in [-0.1, -0.05) is 103 Å². The van der Waals surface area contributed by atoms with E-state index < -0.39 is 11.9 Å². The van der Waals surface area contributed by atoms with Crippen molar-refractivity contribution in [3.63, 3.8) is 0 Å². The molecular formula is C104H80N20O7S2. The van der Waals surface area contributed by atoms with Crippen molar-refractivity contribution in [3.05, 3.63) is 412 Å². The number of carbonyl (C=O) groups excluding carboxylic acids is 3. The van der Waals surface area contributed by atoms with Crippen molar-refractivity contribution in [2.45, 2.75) is 6.61 Å². The number of para-hydroxylation sites is 4. The molecule has 0 amide bonds. The first-order chi connectivity index (χ1) is 65.5. The fourth-order valence-electron chi connectivity index (χ4n) is 12.9. The highest BCUT2D eigenvalue weighted by Crippen LogP contribution is 2.33. The Kier molecular flexibility index (Phi) is 31.2. The Bertz CT molecular complexity index is 7130. The number of aryl methyl sites for hydroxylation is 2. The number of hydrogen-bond acceptors (Lipinski definition) is 27. The predicted octanol–water partition coefficient (Wildman–Crippen LogP) is 21.4. The van der Waals surface area contributed by atoms with Crippen molar-refractivity contribution in [1.82, 2.24) is 98.8 Å². The molecule has 650 valence electrons. The fourth-order valence-corrected chi connectivity index (χ4v) is 14.5. The number of thiazole rings is 2. The summed E-state index contributed by atoms with van der Waals surface area (Å²) in [7, 11) is 6.52. The maximum atomic E-state index is 12.2. The number of aromatic nitrogens is 20. The van der Waals surface area contributed by atoms with Gasteiger partial charge in [-0.3, -0.25) is 54.6 Å². The monoisotopic (exact) mass is 1780 g/mol. The minimum atomic E-state index is -0.565. The largest absolute Gasteiger partial charge is 0.465 e. The van der Waals surface area contributed by atoms with Gasteiger partial charge < -0.3 is 28.1 Å². The van der Waals surface area contributed by atoms with E-state index in [1.54, 1.807) is 103 Å². The summed E-state index contributed by atoms with van der Waals surface area (Å²) in [6.07, 6.45) is 22.6. The second kappa shape index (κ2) is 46.1. The van der Waals surface area contributed by atoms with E-state index in [4.69, 9.17) is 33.9 Å². The zero-order valence-corrected chi connectivity index (χ0v) is 73.6. The lowest BCUT2D eigenvalue weighted by Crippen LogP contribution is -2.05. The number of rotatable bonds is 18. The molecular weight excluding hydrogens is 1710 g/mol. The van der Waals surface area contributed by atoms with Crippen molar-refractivity contribution < 1.29 is 33.3 Å². The van der Waals surface area contributed by atoms with E-state index in [1.807, 2.05) is 291 Å². The van der Waals surface area contributed by atoms with E-state index in [1.165, 1.54) is 49.4 Å². The van der Waals surface area contributed by atoms with Gasteiger partial charge in [-0.2, -0.15) is 0 Å². The number of nitrogens with zero attached hydrogens (tertiary/aromatic N) is 20. The normalized spacial score (nSPS) is 10.4. The summed E-state index contributed by atoms with van der Waals surface area (Å²) >= 11 is 3.28. The molecule has 27 nitrogen and oxygen atoms in total. The van der Waals surface area contributed by atoms with Gasteiger partial charge in [0.2, 0.25) is 0 Å². The average molecular weight is 1790 g/mol. The zero-order chi connectivity index (χ0) is 91.6. The van der Waals surface area contributed by atoms with Gasteiger partial charge in [-0.25, -0.2) is 49.5 Å². The summed E-state index contributed by atoms with van der Waals surface area (Å²) in [6.45, 7) is 0.430. The van der Waals surface area contributed by atoms with Crippen LogP contribution >= 0.6 is 22.7 Å². The second-order valence-corrected chi connectivity index (χ2v) is 30.1. The third kappa shape index (κ3) is 24.7. The van der Waals surface area contributed by atoms with Gasteiger partial charge in [0, 0.05) is 112 Å². The van der Waals surface area contributed by atoms with Crippen LogP contribution in [0.2, 0.25) is 0 Å². The van der Waals surface area contributed by atoms with Gasteiger partial charge in [0.1, 0.15) is 39.5 Å². The van der Waals surface area contributed by atoms with Crippen LogP contribution in [0, 0.1) is 0 Å². The smallest absolute Gasteiger partial charge is 0.338 e. The summed E-state index contributed by atoms with van der Waals surface area (Å²) in [6, 6.07) is 97.4. The van der Waals surface area contributed by atoms with Gasteiger partial charge in [-0.15, -0.1) is 22.7 Å². The number of ether oxygens (including phenoxy) is 4. The number of imidazole rings is 2. The molecule has 18 heterocycles. The Morgan fingerprint density at radius 3 is 1.21 bits per heavy atom. The maximum absolute atomic E-state index is 12.2. The molecule has 3 aromatic carbocycles. The van der Waals surface area contributed by atoms with Crippen LogP contribution in [0.3, 0.4) is 0 Å². The molecule has 21 aromatic rings. The molecule has 0 aliphatic rings. The molecule has 0 atom stereocenters. The van der Waals surface area contributed by atoms with Crippen LogP contribution in [0.25, 0.3) is 145 Å². The number of hydrogen-bond donors (Lipinski definition) is 0. The van der Waals surface area contributed by atoms with E-state index in [9.17, 15) is 14.4 Å². The molecule has 0 bridgehead atoms. The van der Waals surface area contributed by atoms with Crippen molar-refractivity contribution in [3.8, 4) is 136 Å².